The van der Waals surface area contributed by atoms with Crippen molar-refractivity contribution < 1.29 is 9.90 Å². The van der Waals surface area contributed by atoms with Crippen LogP contribution in [0.4, 0.5) is 0 Å². The maximum Gasteiger partial charge on any atom is 0.141 e. The highest BCUT2D eigenvalue weighted by molar-refractivity contribution is 5.87. The van der Waals surface area contributed by atoms with Gasteiger partial charge >= 0.3 is 0 Å². The van der Waals surface area contributed by atoms with Crippen LogP contribution >= 0.6 is 0 Å². The maximum atomic E-state index is 12.1. The Labute approximate surface area is 105 Å². The van der Waals surface area contributed by atoms with Gasteiger partial charge in [0.15, 0.2) is 0 Å². The Morgan fingerprint density at radius 1 is 1.06 bits per heavy atom. The standard InChI is InChI=1S/C15H26O2/c1-2-3-4-5-6-7-14-8-10-15(17,11-9-14)12-13(14)16/h17H,2-12H2,1H3. The molecule has 3 saturated carbocycles. The zero-order valence-electron chi connectivity index (χ0n) is 11.1. The fourth-order valence-corrected chi connectivity index (χ4v) is 3.59. The molecule has 0 unspecified atom stereocenters. The van der Waals surface area contributed by atoms with Gasteiger partial charge in [0.05, 0.1) is 5.60 Å². The van der Waals surface area contributed by atoms with E-state index in [0.29, 0.717) is 12.2 Å². The first-order valence-electron chi connectivity index (χ1n) is 7.36. The number of ketones is 1. The summed E-state index contributed by atoms with van der Waals surface area (Å²) in [4.78, 5) is 12.1. The second-order valence-electron chi connectivity index (χ2n) is 6.27. The highest BCUT2D eigenvalue weighted by Gasteiger charge is 2.52. The molecular formula is C15H26O2. The number of carbonyl (C=O) groups is 1. The molecule has 3 rings (SSSR count). The third kappa shape index (κ3) is 2.73. The highest BCUT2D eigenvalue weighted by Crippen LogP contribution is 2.52. The molecule has 0 aliphatic heterocycles. The smallest absolute Gasteiger partial charge is 0.141 e. The van der Waals surface area contributed by atoms with Gasteiger partial charge in [0.1, 0.15) is 5.78 Å². The molecule has 2 heteroatoms. The normalized spacial score (nSPS) is 36.5. The van der Waals surface area contributed by atoms with Gasteiger partial charge < -0.3 is 5.11 Å². The second-order valence-corrected chi connectivity index (χ2v) is 6.27. The molecule has 1 N–H and O–H groups in total. The molecule has 3 fully saturated rings. The molecule has 3 aliphatic rings. The van der Waals surface area contributed by atoms with Crippen molar-refractivity contribution in [3.05, 3.63) is 0 Å². The highest BCUT2D eigenvalue weighted by atomic mass is 16.3. The lowest BCUT2D eigenvalue weighted by molar-refractivity contribution is -0.154. The van der Waals surface area contributed by atoms with Gasteiger partial charge in [0, 0.05) is 11.8 Å². The van der Waals surface area contributed by atoms with Crippen molar-refractivity contribution in [3.63, 3.8) is 0 Å². The average molecular weight is 238 g/mol. The minimum absolute atomic E-state index is 0.0311. The monoisotopic (exact) mass is 238 g/mol. The van der Waals surface area contributed by atoms with Gasteiger partial charge in [0.2, 0.25) is 0 Å². The molecule has 3 aliphatic carbocycles. The lowest BCUT2D eigenvalue weighted by Gasteiger charge is -2.49. The van der Waals surface area contributed by atoms with Gasteiger partial charge in [-0.15, -0.1) is 0 Å². The van der Waals surface area contributed by atoms with Crippen molar-refractivity contribution in [3.8, 4) is 0 Å². The topological polar surface area (TPSA) is 37.3 Å². The quantitative estimate of drug-likeness (QED) is 0.718. The summed E-state index contributed by atoms with van der Waals surface area (Å²) in [6.45, 7) is 2.23. The average Bonchev–Trinajstić information content (AvgIpc) is 2.31. The lowest BCUT2D eigenvalue weighted by Crippen LogP contribution is -2.52. The van der Waals surface area contributed by atoms with Crippen molar-refractivity contribution in [2.45, 2.75) is 83.2 Å². The summed E-state index contributed by atoms with van der Waals surface area (Å²) < 4.78 is 0. The molecule has 0 atom stereocenters. The molecule has 0 saturated heterocycles. The zero-order chi connectivity index (χ0) is 12.4. The van der Waals surface area contributed by atoms with E-state index in [1.165, 1.54) is 32.1 Å². The summed E-state index contributed by atoms with van der Waals surface area (Å²) in [5.41, 5.74) is -0.655. The number of rotatable bonds is 6. The van der Waals surface area contributed by atoms with E-state index in [2.05, 4.69) is 6.92 Å². The molecule has 2 bridgehead atoms. The first kappa shape index (κ1) is 13.1. The van der Waals surface area contributed by atoms with Crippen LogP contribution in [0.2, 0.25) is 0 Å². The Morgan fingerprint density at radius 2 is 1.71 bits per heavy atom. The summed E-state index contributed by atoms with van der Waals surface area (Å²) in [6.07, 6.45) is 11.5. The third-order valence-electron chi connectivity index (χ3n) is 4.98. The van der Waals surface area contributed by atoms with E-state index in [0.717, 1.165) is 32.1 Å². The van der Waals surface area contributed by atoms with Crippen LogP contribution in [0.3, 0.4) is 0 Å². The third-order valence-corrected chi connectivity index (χ3v) is 4.98. The summed E-state index contributed by atoms with van der Waals surface area (Å²) in [7, 11) is 0. The maximum absolute atomic E-state index is 12.1. The molecule has 17 heavy (non-hydrogen) atoms. The van der Waals surface area contributed by atoms with E-state index in [1.54, 1.807) is 0 Å². The Balaban J connectivity index is 1.81. The second kappa shape index (κ2) is 5.09. The molecule has 0 aromatic rings. The van der Waals surface area contributed by atoms with Gasteiger partial charge in [-0.05, 0) is 32.1 Å². The molecule has 0 spiro atoms. The number of hydrogen-bond donors (Lipinski definition) is 1. The van der Waals surface area contributed by atoms with E-state index >= 15 is 0 Å². The van der Waals surface area contributed by atoms with Gasteiger partial charge in [0.25, 0.3) is 0 Å². The fraction of sp³-hybridized carbons (Fsp3) is 0.933. The summed E-state index contributed by atoms with van der Waals surface area (Å²) >= 11 is 0. The van der Waals surface area contributed by atoms with Crippen molar-refractivity contribution in [1.82, 2.24) is 0 Å². The Kier molecular flexibility index (Phi) is 3.92. The molecule has 0 amide bonds. The van der Waals surface area contributed by atoms with Gasteiger partial charge in [-0.2, -0.15) is 0 Å². The summed E-state index contributed by atoms with van der Waals surface area (Å²) in [5, 5.41) is 10.1. The molecule has 0 heterocycles. The van der Waals surface area contributed by atoms with Crippen LogP contribution in [-0.4, -0.2) is 16.5 Å². The SMILES string of the molecule is CCCCCCCC12CCC(O)(CC1)CC2=O. The first-order chi connectivity index (χ1) is 8.10. The van der Waals surface area contributed by atoms with Crippen LogP contribution in [-0.2, 0) is 4.79 Å². The van der Waals surface area contributed by atoms with Crippen LogP contribution in [0.1, 0.15) is 77.6 Å². The van der Waals surface area contributed by atoms with Crippen LogP contribution in [0.25, 0.3) is 0 Å². The number of fused-ring (bicyclic) bond motifs is 3. The Hall–Kier alpha value is -0.370. The minimum Gasteiger partial charge on any atom is -0.389 e. The van der Waals surface area contributed by atoms with Gasteiger partial charge in [-0.1, -0.05) is 39.0 Å². The van der Waals surface area contributed by atoms with Crippen LogP contribution < -0.4 is 0 Å². The van der Waals surface area contributed by atoms with Crippen molar-refractivity contribution in [1.29, 1.82) is 0 Å². The van der Waals surface area contributed by atoms with Crippen molar-refractivity contribution in [2.24, 2.45) is 5.41 Å². The van der Waals surface area contributed by atoms with E-state index < -0.39 is 5.60 Å². The number of hydrogen-bond acceptors (Lipinski definition) is 2. The first-order valence-corrected chi connectivity index (χ1v) is 7.36. The lowest BCUT2D eigenvalue weighted by atomic mass is 9.56. The Bertz CT molecular complexity index is 275. The van der Waals surface area contributed by atoms with E-state index in [4.69, 9.17) is 0 Å². The number of carbonyl (C=O) groups excluding carboxylic acids is 1. The molecular weight excluding hydrogens is 212 g/mol. The van der Waals surface area contributed by atoms with Crippen LogP contribution in [0, 0.1) is 5.41 Å². The number of Topliss-reactive ketones (excluding diaryl/α,β-unsaturated/α-hetero) is 1. The van der Waals surface area contributed by atoms with Gasteiger partial charge in [-0.25, -0.2) is 0 Å². The summed E-state index contributed by atoms with van der Waals surface area (Å²) in [6, 6.07) is 0. The predicted octanol–water partition coefficient (Wildman–Crippen LogP) is 3.61. The van der Waals surface area contributed by atoms with Crippen molar-refractivity contribution >= 4 is 5.78 Å². The number of unbranched alkanes of at least 4 members (excludes halogenated alkanes) is 4. The zero-order valence-corrected chi connectivity index (χ0v) is 11.1. The van der Waals surface area contributed by atoms with E-state index in [9.17, 15) is 9.90 Å². The molecule has 0 aromatic carbocycles. The fourth-order valence-electron chi connectivity index (χ4n) is 3.59. The molecule has 0 radical (unpaired) electrons. The van der Waals surface area contributed by atoms with Crippen molar-refractivity contribution in [2.75, 3.05) is 0 Å². The molecule has 98 valence electrons. The van der Waals surface area contributed by atoms with E-state index in [1.807, 2.05) is 0 Å². The Morgan fingerprint density at radius 3 is 2.29 bits per heavy atom. The van der Waals surface area contributed by atoms with E-state index in [-0.39, 0.29) is 5.41 Å². The van der Waals surface area contributed by atoms with Crippen LogP contribution in [0.5, 0.6) is 0 Å². The minimum atomic E-state index is -0.624. The molecule has 2 nitrogen and oxygen atoms in total. The predicted molar refractivity (Wildman–Crippen MR) is 68.9 cm³/mol. The largest absolute Gasteiger partial charge is 0.389 e. The van der Waals surface area contributed by atoms with Crippen LogP contribution in [0.15, 0.2) is 0 Å². The van der Waals surface area contributed by atoms with Gasteiger partial charge in [-0.3, -0.25) is 4.79 Å². The summed E-state index contributed by atoms with van der Waals surface area (Å²) in [5.74, 6) is 0.355. The number of aliphatic hydroxyl groups is 1. The molecule has 0 aromatic heterocycles.